The molecule has 5 heteroatoms. The zero-order valence-corrected chi connectivity index (χ0v) is 12.1. The molecule has 1 amide bonds. The van der Waals surface area contributed by atoms with Crippen LogP contribution in [0.4, 0.5) is 0 Å². The Bertz CT molecular complexity index is 530. The zero-order chi connectivity index (χ0) is 13.8. The Kier molecular flexibility index (Phi) is 4.18. The van der Waals surface area contributed by atoms with Crippen LogP contribution in [-0.4, -0.2) is 30.4 Å². The number of nitrogens with one attached hydrogen (secondary N) is 1. The summed E-state index contributed by atoms with van der Waals surface area (Å²) in [5.41, 5.74) is 1.29. The van der Waals surface area contributed by atoms with E-state index in [1.807, 2.05) is 0 Å². The summed E-state index contributed by atoms with van der Waals surface area (Å²) >= 11 is 1.70. The highest BCUT2D eigenvalue weighted by Crippen LogP contribution is 2.26. The van der Waals surface area contributed by atoms with Crippen LogP contribution in [0.2, 0.25) is 0 Å². The lowest BCUT2D eigenvalue weighted by atomic mass is 10.1. The van der Waals surface area contributed by atoms with E-state index in [2.05, 4.69) is 27.0 Å². The van der Waals surface area contributed by atoms with Crippen molar-refractivity contribution in [2.24, 2.45) is 0 Å². The molecule has 1 aliphatic heterocycles. The van der Waals surface area contributed by atoms with Gasteiger partial charge in [-0.3, -0.25) is 9.69 Å². The molecule has 2 aromatic heterocycles. The van der Waals surface area contributed by atoms with E-state index in [0.717, 1.165) is 13.1 Å². The predicted octanol–water partition coefficient (Wildman–Crippen LogP) is 2.91. The fraction of sp³-hybridized carbons (Fsp3) is 0.400. The number of thiophene rings is 1. The van der Waals surface area contributed by atoms with Crippen LogP contribution in [0.1, 0.15) is 35.0 Å². The Morgan fingerprint density at radius 3 is 2.90 bits per heavy atom. The molecule has 2 aromatic rings. The van der Waals surface area contributed by atoms with Crippen LogP contribution in [0, 0.1) is 0 Å². The molecule has 0 radical (unpaired) electrons. The molecular formula is C15H18N2O2S. The van der Waals surface area contributed by atoms with Gasteiger partial charge in [0.15, 0.2) is 5.76 Å². The van der Waals surface area contributed by atoms with Gasteiger partial charge in [-0.2, -0.15) is 11.3 Å². The Labute approximate surface area is 122 Å². The second kappa shape index (κ2) is 6.24. The molecule has 0 bridgehead atoms. The van der Waals surface area contributed by atoms with Gasteiger partial charge >= 0.3 is 0 Å². The van der Waals surface area contributed by atoms with Gasteiger partial charge in [0.2, 0.25) is 0 Å². The maximum Gasteiger partial charge on any atom is 0.287 e. The second-order valence-corrected chi connectivity index (χ2v) is 5.78. The molecule has 0 saturated carbocycles. The van der Waals surface area contributed by atoms with Gasteiger partial charge in [0.25, 0.3) is 5.91 Å². The average molecular weight is 290 g/mol. The smallest absolute Gasteiger partial charge is 0.287 e. The second-order valence-electron chi connectivity index (χ2n) is 5.00. The largest absolute Gasteiger partial charge is 0.459 e. The van der Waals surface area contributed by atoms with E-state index in [-0.39, 0.29) is 11.9 Å². The van der Waals surface area contributed by atoms with Crippen molar-refractivity contribution in [1.82, 2.24) is 10.2 Å². The average Bonchev–Trinajstić information content (AvgIpc) is 3.22. The summed E-state index contributed by atoms with van der Waals surface area (Å²) < 4.78 is 5.12. The minimum atomic E-state index is -0.144. The van der Waals surface area contributed by atoms with E-state index in [1.54, 1.807) is 23.5 Å². The summed E-state index contributed by atoms with van der Waals surface area (Å²) in [7, 11) is 0. The number of nitrogens with zero attached hydrogens (tertiary/aromatic N) is 1. The first-order valence-corrected chi connectivity index (χ1v) is 7.87. The van der Waals surface area contributed by atoms with E-state index in [1.165, 1.54) is 24.7 Å². The molecule has 1 saturated heterocycles. The highest BCUT2D eigenvalue weighted by molar-refractivity contribution is 7.07. The minimum absolute atomic E-state index is 0.144. The molecule has 1 N–H and O–H groups in total. The maximum absolute atomic E-state index is 12.0. The van der Waals surface area contributed by atoms with Crippen LogP contribution >= 0.6 is 11.3 Å². The van der Waals surface area contributed by atoms with Gasteiger partial charge in [0.05, 0.1) is 12.3 Å². The number of rotatable bonds is 5. The molecule has 0 aliphatic carbocycles. The first kappa shape index (κ1) is 13.4. The van der Waals surface area contributed by atoms with Crippen molar-refractivity contribution >= 4 is 17.2 Å². The van der Waals surface area contributed by atoms with Crippen molar-refractivity contribution in [3.63, 3.8) is 0 Å². The maximum atomic E-state index is 12.0. The molecule has 0 spiro atoms. The fourth-order valence-corrected chi connectivity index (χ4v) is 3.37. The number of carbonyl (C=O) groups excluding carboxylic acids is 1. The van der Waals surface area contributed by atoms with Crippen LogP contribution < -0.4 is 5.32 Å². The number of likely N-dealkylation sites (tertiary alicyclic amines) is 1. The van der Waals surface area contributed by atoms with Crippen LogP contribution in [-0.2, 0) is 0 Å². The normalized spacial score (nSPS) is 17.2. The van der Waals surface area contributed by atoms with Crippen LogP contribution in [0.3, 0.4) is 0 Å². The van der Waals surface area contributed by atoms with Crippen molar-refractivity contribution in [2.75, 3.05) is 19.6 Å². The van der Waals surface area contributed by atoms with Gasteiger partial charge in [0.1, 0.15) is 0 Å². The van der Waals surface area contributed by atoms with Gasteiger partial charge in [-0.05, 0) is 60.5 Å². The Morgan fingerprint density at radius 2 is 2.25 bits per heavy atom. The molecule has 3 heterocycles. The molecule has 1 unspecified atom stereocenters. The zero-order valence-electron chi connectivity index (χ0n) is 11.2. The quantitative estimate of drug-likeness (QED) is 0.921. The van der Waals surface area contributed by atoms with Gasteiger partial charge in [-0.1, -0.05) is 0 Å². The Hall–Kier alpha value is -1.59. The van der Waals surface area contributed by atoms with E-state index < -0.39 is 0 Å². The number of hydrogen-bond acceptors (Lipinski definition) is 4. The summed E-state index contributed by atoms with van der Waals surface area (Å²) in [6, 6.07) is 5.83. The summed E-state index contributed by atoms with van der Waals surface area (Å²) in [5.74, 6) is 0.227. The lowest BCUT2D eigenvalue weighted by molar-refractivity contribution is 0.0910. The summed E-state index contributed by atoms with van der Waals surface area (Å²) in [6.45, 7) is 2.84. The molecule has 1 fully saturated rings. The first-order chi connectivity index (χ1) is 9.84. The SMILES string of the molecule is O=C(NCC(c1ccsc1)N1CCCC1)c1ccco1. The first-order valence-electron chi connectivity index (χ1n) is 6.92. The van der Waals surface area contributed by atoms with Crippen LogP contribution in [0.25, 0.3) is 0 Å². The van der Waals surface area contributed by atoms with E-state index in [9.17, 15) is 4.79 Å². The molecule has 4 nitrogen and oxygen atoms in total. The monoisotopic (exact) mass is 290 g/mol. The van der Waals surface area contributed by atoms with E-state index >= 15 is 0 Å². The molecule has 3 rings (SSSR count). The third-order valence-electron chi connectivity index (χ3n) is 3.71. The van der Waals surface area contributed by atoms with Crippen LogP contribution in [0.15, 0.2) is 39.6 Å². The highest BCUT2D eigenvalue weighted by Gasteiger charge is 2.24. The lowest BCUT2D eigenvalue weighted by Crippen LogP contribution is -2.36. The molecular weight excluding hydrogens is 272 g/mol. The van der Waals surface area contributed by atoms with Crippen molar-refractivity contribution in [1.29, 1.82) is 0 Å². The van der Waals surface area contributed by atoms with E-state index in [4.69, 9.17) is 4.42 Å². The minimum Gasteiger partial charge on any atom is -0.459 e. The molecule has 20 heavy (non-hydrogen) atoms. The van der Waals surface area contributed by atoms with E-state index in [0.29, 0.717) is 12.3 Å². The van der Waals surface area contributed by atoms with Gasteiger partial charge < -0.3 is 9.73 Å². The third-order valence-corrected chi connectivity index (χ3v) is 4.41. The summed E-state index contributed by atoms with van der Waals surface area (Å²) in [4.78, 5) is 14.4. The number of hydrogen-bond donors (Lipinski definition) is 1. The van der Waals surface area contributed by atoms with Gasteiger partial charge in [-0.15, -0.1) is 0 Å². The van der Waals surface area contributed by atoms with Gasteiger partial charge in [0, 0.05) is 6.54 Å². The standard InChI is InChI=1S/C15H18N2O2S/c18-15(14-4-3-8-19-14)16-10-13(12-5-9-20-11-12)17-6-1-2-7-17/h3-5,8-9,11,13H,1-2,6-7,10H2,(H,16,18). The third kappa shape index (κ3) is 2.94. The molecule has 1 atom stereocenters. The Morgan fingerprint density at radius 1 is 1.40 bits per heavy atom. The van der Waals surface area contributed by atoms with Crippen molar-refractivity contribution in [3.05, 3.63) is 46.5 Å². The van der Waals surface area contributed by atoms with Gasteiger partial charge in [-0.25, -0.2) is 0 Å². The predicted molar refractivity (Wildman–Crippen MR) is 78.9 cm³/mol. The fourth-order valence-electron chi connectivity index (χ4n) is 2.66. The lowest BCUT2D eigenvalue weighted by Gasteiger charge is -2.27. The van der Waals surface area contributed by atoms with Crippen molar-refractivity contribution < 1.29 is 9.21 Å². The Balaban J connectivity index is 1.66. The molecule has 1 aliphatic rings. The number of furan rings is 1. The summed E-state index contributed by atoms with van der Waals surface area (Å²) in [6.07, 6.45) is 4.01. The van der Waals surface area contributed by atoms with Crippen LogP contribution in [0.5, 0.6) is 0 Å². The molecule has 106 valence electrons. The molecule has 0 aromatic carbocycles. The highest BCUT2D eigenvalue weighted by atomic mass is 32.1. The number of carbonyl (C=O) groups is 1. The summed E-state index contributed by atoms with van der Waals surface area (Å²) in [5, 5.41) is 7.24. The number of amides is 1. The van der Waals surface area contributed by atoms with Crippen molar-refractivity contribution in [2.45, 2.75) is 18.9 Å². The van der Waals surface area contributed by atoms with Crippen molar-refractivity contribution in [3.8, 4) is 0 Å². The topological polar surface area (TPSA) is 45.5 Å².